The molecule has 0 unspecified atom stereocenters. The molecule has 0 fully saturated rings. The fourth-order valence-corrected chi connectivity index (χ4v) is 3.70. The molecule has 0 aliphatic carbocycles. The number of carboxylic acid groups (broad SMARTS) is 1. The number of benzene rings is 2. The number of aliphatic carboxylic acids is 1. The van der Waals surface area contributed by atoms with E-state index in [0.717, 1.165) is 12.3 Å². The largest absolute Gasteiger partial charge is 0.548 e. The van der Waals surface area contributed by atoms with Gasteiger partial charge in [0.15, 0.2) is 15.5 Å². The summed E-state index contributed by atoms with van der Waals surface area (Å²) in [6.07, 6.45) is -4.05. The first kappa shape index (κ1) is 22.5. The van der Waals surface area contributed by atoms with Crippen LogP contribution in [-0.4, -0.2) is 30.4 Å². The Morgan fingerprint density at radius 2 is 1.68 bits per heavy atom. The van der Waals surface area contributed by atoms with Crippen molar-refractivity contribution in [2.45, 2.75) is 24.5 Å². The summed E-state index contributed by atoms with van der Waals surface area (Å²) in [5, 5.41) is 14.8. The second-order valence-corrected chi connectivity index (χ2v) is 8.88. The number of hydrogen-bond acceptors (Lipinski definition) is 5. The number of rotatable bonds is 5. The topological polar surface area (TPSA) is 92.1 Å². The van der Waals surface area contributed by atoms with E-state index in [-0.39, 0.29) is 32.0 Å². The summed E-state index contributed by atoms with van der Waals surface area (Å²) < 4.78 is 79.5. The van der Waals surface area contributed by atoms with E-state index in [0.29, 0.717) is 0 Å². The van der Waals surface area contributed by atoms with Crippen LogP contribution in [0.1, 0.15) is 11.3 Å². The molecular weight excluding hydrogens is 440 g/mol. The Morgan fingerprint density at radius 3 is 2.16 bits per heavy atom. The van der Waals surface area contributed by atoms with Gasteiger partial charge in [-0.2, -0.15) is 18.3 Å². The summed E-state index contributed by atoms with van der Waals surface area (Å²) in [7, 11) is -3.56. The van der Waals surface area contributed by atoms with Crippen molar-refractivity contribution in [2.75, 3.05) is 6.26 Å². The molecule has 0 saturated heterocycles. The Labute approximate surface area is 174 Å². The average Bonchev–Trinajstić information content (AvgIpc) is 3.02. The average molecular weight is 455 g/mol. The molecular formula is C20H15F4N2O4S-. The van der Waals surface area contributed by atoms with Crippen LogP contribution >= 0.6 is 0 Å². The predicted molar refractivity (Wildman–Crippen MR) is 101 cm³/mol. The fraction of sp³-hybridized carbons (Fsp3) is 0.200. The number of nitrogens with zero attached hydrogens (tertiary/aromatic N) is 2. The van der Waals surface area contributed by atoms with Gasteiger partial charge in [-0.25, -0.2) is 12.8 Å². The van der Waals surface area contributed by atoms with Crippen molar-refractivity contribution in [3.05, 3.63) is 59.5 Å². The van der Waals surface area contributed by atoms with E-state index in [1.807, 2.05) is 0 Å². The standard InChI is InChI=1S/C20H16F4N2O4S/c1-11-3-4-13(9-15(11)21)17-18(12-5-7-14(8-6-12)31(2,29)30)25-26(10-16(27)28)19(17)20(22,23)24/h3-9H,10H2,1-2H3,(H,27,28)/p-1. The summed E-state index contributed by atoms with van der Waals surface area (Å²) in [4.78, 5) is 11.0. The Balaban J connectivity index is 2.35. The van der Waals surface area contributed by atoms with Crippen LogP contribution in [0.2, 0.25) is 0 Å². The van der Waals surface area contributed by atoms with Crippen molar-refractivity contribution in [1.82, 2.24) is 9.78 Å². The molecule has 0 N–H and O–H groups in total. The lowest BCUT2D eigenvalue weighted by Gasteiger charge is -2.14. The number of carbonyl (C=O) groups is 1. The summed E-state index contributed by atoms with van der Waals surface area (Å²) in [5.74, 6) is -2.55. The van der Waals surface area contributed by atoms with Crippen LogP contribution in [0.5, 0.6) is 0 Å². The van der Waals surface area contributed by atoms with Gasteiger partial charge in [0.25, 0.3) is 0 Å². The lowest BCUT2D eigenvalue weighted by molar-refractivity contribution is -0.306. The second kappa shape index (κ2) is 7.80. The van der Waals surface area contributed by atoms with Crippen LogP contribution in [-0.2, 0) is 27.4 Å². The monoisotopic (exact) mass is 455 g/mol. The lowest BCUT2D eigenvalue weighted by Crippen LogP contribution is -2.30. The highest BCUT2D eigenvalue weighted by Gasteiger charge is 2.40. The third-order valence-corrected chi connectivity index (χ3v) is 5.64. The van der Waals surface area contributed by atoms with E-state index in [9.17, 15) is 35.9 Å². The molecule has 0 aliphatic heterocycles. The van der Waals surface area contributed by atoms with Crippen LogP contribution in [0.4, 0.5) is 17.6 Å². The number of carboxylic acids is 1. The minimum absolute atomic E-state index is 0.0654. The molecule has 31 heavy (non-hydrogen) atoms. The zero-order valence-electron chi connectivity index (χ0n) is 16.2. The molecule has 164 valence electrons. The Morgan fingerprint density at radius 1 is 1.10 bits per heavy atom. The van der Waals surface area contributed by atoms with Crippen molar-refractivity contribution < 1.29 is 35.9 Å². The third-order valence-electron chi connectivity index (χ3n) is 4.52. The maximum absolute atomic E-state index is 14.1. The smallest absolute Gasteiger partial charge is 0.433 e. The highest BCUT2D eigenvalue weighted by molar-refractivity contribution is 7.90. The van der Waals surface area contributed by atoms with Gasteiger partial charge in [0.05, 0.1) is 17.4 Å². The summed E-state index contributed by atoms with van der Waals surface area (Å²) in [6, 6.07) is 8.33. The number of carbonyl (C=O) groups excluding carboxylic acids is 1. The van der Waals surface area contributed by atoms with Gasteiger partial charge >= 0.3 is 6.18 Å². The van der Waals surface area contributed by atoms with Gasteiger partial charge in [-0.05, 0) is 36.2 Å². The van der Waals surface area contributed by atoms with Crippen LogP contribution in [0.25, 0.3) is 22.4 Å². The minimum Gasteiger partial charge on any atom is -0.548 e. The van der Waals surface area contributed by atoms with Crippen LogP contribution in [0, 0.1) is 12.7 Å². The number of aryl methyl sites for hydroxylation is 1. The molecule has 0 bridgehead atoms. The number of hydrogen-bond donors (Lipinski definition) is 0. The normalized spacial score (nSPS) is 12.2. The molecule has 0 spiro atoms. The number of aromatic nitrogens is 2. The van der Waals surface area contributed by atoms with Crippen LogP contribution in [0.3, 0.4) is 0 Å². The first-order chi connectivity index (χ1) is 14.3. The molecule has 6 nitrogen and oxygen atoms in total. The van der Waals surface area contributed by atoms with Crippen LogP contribution < -0.4 is 5.11 Å². The molecule has 0 atom stereocenters. The maximum Gasteiger partial charge on any atom is 0.433 e. The molecule has 2 aromatic carbocycles. The molecule has 0 radical (unpaired) electrons. The van der Waals surface area contributed by atoms with E-state index in [4.69, 9.17) is 0 Å². The second-order valence-electron chi connectivity index (χ2n) is 6.86. The fourth-order valence-electron chi connectivity index (χ4n) is 3.07. The molecule has 3 aromatic rings. The van der Waals surface area contributed by atoms with Crippen LogP contribution in [0.15, 0.2) is 47.4 Å². The van der Waals surface area contributed by atoms with Gasteiger partial charge in [-0.3, -0.25) is 4.68 Å². The SMILES string of the molecule is Cc1ccc(-c2c(-c3ccc(S(C)(=O)=O)cc3)nn(CC(=O)[O-])c2C(F)(F)F)cc1F. The summed E-state index contributed by atoms with van der Waals surface area (Å²) in [6.45, 7) is 0.256. The van der Waals surface area contributed by atoms with Crippen molar-refractivity contribution in [1.29, 1.82) is 0 Å². The minimum atomic E-state index is -5.02. The Hall–Kier alpha value is -3.21. The molecule has 0 amide bonds. The summed E-state index contributed by atoms with van der Waals surface area (Å²) >= 11 is 0. The highest BCUT2D eigenvalue weighted by atomic mass is 32.2. The van der Waals surface area contributed by atoms with Gasteiger partial charge in [-0.15, -0.1) is 0 Å². The predicted octanol–water partition coefficient (Wildman–Crippen LogP) is 2.84. The van der Waals surface area contributed by atoms with E-state index in [2.05, 4.69) is 5.10 Å². The molecule has 0 saturated carbocycles. The Bertz CT molecular complexity index is 1260. The van der Waals surface area contributed by atoms with Crippen molar-refractivity contribution >= 4 is 15.8 Å². The van der Waals surface area contributed by atoms with E-state index in [1.54, 1.807) is 0 Å². The van der Waals surface area contributed by atoms with Gasteiger partial charge in [0.1, 0.15) is 11.5 Å². The lowest BCUT2D eigenvalue weighted by atomic mass is 9.97. The molecule has 0 aliphatic rings. The molecule has 11 heteroatoms. The van der Waals surface area contributed by atoms with Crippen molar-refractivity contribution in [3.8, 4) is 22.4 Å². The van der Waals surface area contributed by atoms with Crippen molar-refractivity contribution in [2.24, 2.45) is 0 Å². The maximum atomic E-state index is 14.1. The van der Waals surface area contributed by atoms with Gasteiger partial charge < -0.3 is 9.90 Å². The van der Waals surface area contributed by atoms with E-state index >= 15 is 0 Å². The van der Waals surface area contributed by atoms with Gasteiger partial charge in [-0.1, -0.05) is 24.3 Å². The van der Waals surface area contributed by atoms with Crippen molar-refractivity contribution in [3.63, 3.8) is 0 Å². The molecule has 3 rings (SSSR count). The quantitative estimate of drug-likeness (QED) is 0.552. The van der Waals surface area contributed by atoms with E-state index in [1.165, 1.54) is 43.3 Å². The van der Waals surface area contributed by atoms with Gasteiger partial charge in [0.2, 0.25) is 0 Å². The summed E-state index contributed by atoms with van der Waals surface area (Å²) in [5.41, 5.74) is -2.06. The van der Waals surface area contributed by atoms with E-state index < -0.39 is 45.6 Å². The third kappa shape index (κ3) is 4.61. The van der Waals surface area contributed by atoms with Gasteiger partial charge in [0, 0.05) is 17.4 Å². The number of sulfone groups is 1. The first-order valence-electron chi connectivity index (χ1n) is 8.74. The first-order valence-corrected chi connectivity index (χ1v) is 10.6. The zero-order chi connectivity index (χ0) is 23.1. The zero-order valence-corrected chi connectivity index (χ0v) is 17.0. The Kier molecular flexibility index (Phi) is 5.66. The molecule has 1 aromatic heterocycles. The molecule has 1 heterocycles. The highest BCUT2D eigenvalue weighted by Crippen LogP contribution is 2.43. The number of halogens is 4. The number of alkyl halides is 3.